The minimum Gasteiger partial charge on any atom is -0.508 e. The van der Waals surface area contributed by atoms with Crippen molar-refractivity contribution in [1.29, 1.82) is 0 Å². The van der Waals surface area contributed by atoms with Crippen LogP contribution in [0.3, 0.4) is 0 Å². The molecular formula is C13H9ClINO2. The fourth-order valence-corrected chi connectivity index (χ4v) is 2.30. The van der Waals surface area contributed by atoms with Crippen LogP contribution in [-0.4, -0.2) is 11.0 Å². The Hall–Kier alpha value is -1.27. The van der Waals surface area contributed by atoms with Gasteiger partial charge in [0.25, 0.3) is 5.91 Å². The maximum absolute atomic E-state index is 11.9. The lowest BCUT2D eigenvalue weighted by Gasteiger charge is -2.07. The zero-order valence-electron chi connectivity index (χ0n) is 9.15. The number of anilines is 1. The predicted molar refractivity (Wildman–Crippen MR) is 80.2 cm³/mol. The van der Waals surface area contributed by atoms with Crippen molar-refractivity contribution in [3.05, 3.63) is 56.6 Å². The number of rotatable bonds is 2. The Kier molecular flexibility index (Phi) is 4.08. The molecule has 2 aromatic carbocycles. The number of nitrogens with one attached hydrogen (secondary N) is 1. The Bertz CT molecular complexity index is 584. The van der Waals surface area contributed by atoms with Gasteiger partial charge in [-0.15, -0.1) is 0 Å². The molecule has 0 radical (unpaired) electrons. The first-order valence-electron chi connectivity index (χ1n) is 5.12. The van der Waals surface area contributed by atoms with E-state index < -0.39 is 0 Å². The van der Waals surface area contributed by atoms with Gasteiger partial charge in [0.15, 0.2) is 0 Å². The molecule has 18 heavy (non-hydrogen) atoms. The first-order valence-corrected chi connectivity index (χ1v) is 6.57. The molecule has 2 rings (SSSR count). The van der Waals surface area contributed by atoms with Gasteiger partial charge >= 0.3 is 0 Å². The van der Waals surface area contributed by atoms with Crippen molar-refractivity contribution in [2.45, 2.75) is 0 Å². The highest BCUT2D eigenvalue weighted by molar-refractivity contribution is 14.1. The van der Waals surface area contributed by atoms with Crippen molar-refractivity contribution < 1.29 is 9.90 Å². The van der Waals surface area contributed by atoms with E-state index in [4.69, 9.17) is 16.7 Å². The molecule has 2 aromatic rings. The summed E-state index contributed by atoms with van der Waals surface area (Å²) in [5, 5.41) is 12.4. The molecule has 0 aliphatic heterocycles. The van der Waals surface area contributed by atoms with Crippen LogP contribution in [0, 0.1) is 3.57 Å². The van der Waals surface area contributed by atoms with Crippen LogP contribution < -0.4 is 5.32 Å². The van der Waals surface area contributed by atoms with Crippen LogP contribution in [0.25, 0.3) is 0 Å². The van der Waals surface area contributed by atoms with E-state index in [0.717, 1.165) is 3.57 Å². The summed E-state index contributed by atoms with van der Waals surface area (Å²) < 4.78 is 1.00. The van der Waals surface area contributed by atoms with Crippen LogP contribution in [-0.2, 0) is 0 Å². The molecule has 0 aliphatic rings. The van der Waals surface area contributed by atoms with Gasteiger partial charge in [-0.1, -0.05) is 11.6 Å². The Morgan fingerprint density at radius 1 is 1.17 bits per heavy atom. The van der Waals surface area contributed by atoms with E-state index in [1.807, 2.05) is 6.07 Å². The topological polar surface area (TPSA) is 49.3 Å². The minimum atomic E-state index is -0.266. The van der Waals surface area contributed by atoms with E-state index in [1.165, 1.54) is 12.1 Å². The summed E-state index contributed by atoms with van der Waals surface area (Å²) in [5.74, 6) is -0.142. The Labute approximate surface area is 123 Å². The normalized spacial score (nSPS) is 10.1. The quantitative estimate of drug-likeness (QED) is 0.784. The van der Waals surface area contributed by atoms with Crippen LogP contribution >= 0.6 is 34.2 Å². The van der Waals surface area contributed by atoms with Crippen molar-refractivity contribution in [3.63, 3.8) is 0 Å². The highest BCUT2D eigenvalue weighted by Gasteiger charge is 2.08. The van der Waals surface area contributed by atoms with Gasteiger partial charge in [-0.3, -0.25) is 4.79 Å². The molecule has 3 nitrogen and oxygen atoms in total. The maximum atomic E-state index is 11.9. The average Bonchev–Trinajstić information content (AvgIpc) is 2.33. The second-order valence-electron chi connectivity index (χ2n) is 3.63. The van der Waals surface area contributed by atoms with Crippen LogP contribution in [0.4, 0.5) is 5.69 Å². The fraction of sp³-hybridized carbons (Fsp3) is 0. The Balaban J connectivity index is 2.18. The third kappa shape index (κ3) is 3.14. The highest BCUT2D eigenvalue weighted by Crippen LogP contribution is 2.24. The third-order valence-electron chi connectivity index (χ3n) is 2.31. The van der Waals surface area contributed by atoms with E-state index in [0.29, 0.717) is 16.3 Å². The van der Waals surface area contributed by atoms with Crippen LogP contribution in [0.15, 0.2) is 42.5 Å². The number of phenols is 1. The molecule has 0 atom stereocenters. The molecule has 0 aliphatic carbocycles. The summed E-state index contributed by atoms with van der Waals surface area (Å²) in [4.78, 5) is 11.9. The van der Waals surface area contributed by atoms with Gasteiger partial charge in [-0.25, -0.2) is 0 Å². The molecule has 0 heterocycles. The van der Waals surface area contributed by atoms with Crippen molar-refractivity contribution in [2.75, 3.05) is 5.32 Å². The summed E-state index contributed by atoms with van der Waals surface area (Å²) in [6.07, 6.45) is 0. The molecule has 92 valence electrons. The van der Waals surface area contributed by atoms with Gasteiger partial charge < -0.3 is 10.4 Å². The second-order valence-corrected chi connectivity index (χ2v) is 5.28. The molecule has 0 saturated heterocycles. The number of benzene rings is 2. The predicted octanol–water partition coefficient (Wildman–Crippen LogP) is 3.90. The summed E-state index contributed by atoms with van der Waals surface area (Å²) in [6, 6.07) is 11.4. The average molecular weight is 374 g/mol. The van der Waals surface area contributed by atoms with E-state index in [1.54, 1.807) is 24.3 Å². The highest BCUT2D eigenvalue weighted by atomic mass is 127. The maximum Gasteiger partial charge on any atom is 0.255 e. The van der Waals surface area contributed by atoms with Gasteiger partial charge in [0.1, 0.15) is 5.75 Å². The second kappa shape index (κ2) is 5.58. The Morgan fingerprint density at radius 3 is 2.44 bits per heavy atom. The zero-order valence-corrected chi connectivity index (χ0v) is 12.1. The lowest BCUT2D eigenvalue weighted by atomic mass is 10.2. The van der Waals surface area contributed by atoms with E-state index in [9.17, 15) is 4.79 Å². The fourth-order valence-electron chi connectivity index (χ4n) is 1.40. The molecule has 0 bridgehead atoms. The monoisotopic (exact) mass is 373 g/mol. The van der Waals surface area contributed by atoms with Crippen molar-refractivity contribution in [2.24, 2.45) is 0 Å². The van der Waals surface area contributed by atoms with Crippen molar-refractivity contribution in [3.8, 4) is 5.75 Å². The smallest absolute Gasteiger partial charge is 0.255 e. The van der Waals surface area contributed by atoms with Gasteiger partial charge in [-0.2, -0.15) is 0 Å². The number of carbonyl (C=O) groups is 1. The molecule has 0 spiro atoms. The van der Waals surface area contributed by atoms with Gasteiger partial charge in [0, 0.05) is 9.13 Å². The van der Waals surface area contributed by atoms with Gasteiger partial charge in [0.05, 0.1) is 10.7 Å². The minimum absolute atomic E-state index is 0.124. The molecule has 0 saturated carbocycles. The van der Waals surface area contributed by atoms with E-state index in [2.05, 4.69) is 27.9 Å². The molecule has 0 fully saturated rings. The number of hydrogen-bond acceptors (Lipinski definition) is 2. The number of carbonyl (C=O) groups excluding carboxylic acids is 1. The van der Waals surface area contributed by atoms with Crippen molar-refractivity contribution >= 4 is 45.8 Å². The molecular weight excluding hydrogens is 365 g/mol. The first kappa shape index (κ1) is 13.2. The summed E-state index contributed by atoms with van der Waals surface area (Å²) in [5.41, 5.74) is 1.03. The summed E-state index contributed by atoms with van der Waals surface area (Å²) >= 11 is 8.17. The zero-order chi connectivity index (χ0) is 13.1. The third-order valence-corrected chi connectivity index (χ3v) is 3.29. The number of phenolic OH excluding ortho intramolecular Hbond substituents is 1. The number of halogens is 2. The van der Waals surface area contributed by atoms with E-state index in [-0.39, 0.29) is 11.7 Å². The van der Waals surface area contributed by atoms with Gasteiger partial charge in [-0.05, 0) is 65.1 Å². The molecule has 0 aromatic heterocycles. The molecule has 5 heteroatoms. The first-order chi connectivity index (χ1) is 8.56. The van der Waals surface area contributed by atoms with Crippen molar-refractivity contribution in [1.82, 2.24) is 0 Å². The molecule has 0 unspecified atom stereocenters. The lowest BCUT2D eigenvalue weighted by Crippen LogP contribution is -2.11. The lowest BCUT2D eigenvalue weighted by molar-refractivity contribution is 0.102. The SMILES string of the molecule is O=C(Nc1ccc(I)cc1Cl)c1ccc(O)cc1. The van der Waals surface area contributed by atoms with Crippen LogP contribution in [0.2, 0.25) is 5.02 Å². The number of aromatic hydroxyl groups is 1. The van der Waals surface area contributed by atoms with Gasteiger partial charge in [0.2, 0.25) is 0 Å². The molecule has 1 amide bonds. The van der Waals surface area contributed by atoms with Crippen LogP contribution in [0.5, 0.6) is 5.75 Å². The Morgan fingerprint density at radius 2 is 1.83 bits per heavy atom. The number of amides is 1. The largest absolute Gasteiger partial charge is 0.508 e. The molecule has 2 N–H and O–H groups in total. The standard InChI is InChI=1S/C13H9ClINO2/c14-11-7-9(15)3-6-12(11)16-13(18)8-1-4-10(17)5-2-8/h1-7,17H,(H,16,18). The van der Waals surface area contributed by atoms with E-state index >= 15 is 0 Å². The summed E-state index contributed by atoms with van der Waals surface area (Å²) in [7, 11) is 0. The van der Waals surface area contributed by atoms with Crippen LogP contribution in [0.1, 0.15) is 10.4 Å². The number of hydrogen-bond donors (Lipinski definition) is 2. The summed E-state index contributed by atoms with van der Waals surface area (Å²) in [6.45, 7) is 0.